The molecule has 0 rings (SSSR count). The Balaban J connectivity index is 0. The summed E-state index contributed by atoms with van der Waals surface area (Å²) in [4.78, 5) is 26.7. The van der Waals surface area contributed by atoms with Crippen LogP contribution in [0, 0.1) is 0 Å². The van der Waals surface area contributed by atoms with Crippen molar-refractivity contribution in [2.75, 3.05) is 14.1 Å². The molecule has 0 unspecified atom stereocenters. The van der Waals surface area contributed by atoms with Crippen molar-refractivity contribution in [3.8, 4) is 0 Å². The number of rotatable bonds is 33. The normalized spacial score (nSPS) is 11.8. The van der Waals surface area contributed by atoms with Crippen LogP contribution < -0.4 is 17.3 Å². The Morgan fingerprint density at radius 2 is 0.698 bits per heavy atom. The third-order valence-electron chi connectivity index (χ3n) is 8.59. The Bertz CT molecular complexity index is 606. The third-order valence-corrected chi connectivity index (χ3v) is 8.59. The van der Waals surface area contributed by atoms with Crippen LogP contribution >= 0.6 is 0 Å². The van der Waals surface area contributed by atoms with Crippen molar-refractivity contribution in [2.24, 2.45) is 0 Å². The monoisotopic (exact) mass is 624 g/mol. The molecule has 0 radical (unpaired) electrons. The van der Waals surface area contributed by atoms with E-state index in [2.05, 4.69) is 38.2 Å². The number of ketones is 2. The molecule has 0 aliphatic heterocycles. The molecule has 0 aromatic carbocycles. The molecule has 0 aromatic rings. The van der Waals surface area contributed by atoms with E-state index in [9.17, 15) is 9.59 Å². The Morgan fingerprint density at radius 1 is 0.442 bits per heavy atom. The fraction of sp³-hybridized carbons (Fsp3) is 0.846. The van der Waals surface area contributed by atoms with Gasteiger partial charge in [-0.05, 0) is 64.2 Å². The number of allylic oxidation sites excluding steroid dienone is 4. The van der Waals surface area contributed by atoms with Gasteiger partial charge < -0.3 is 17.3 Å². The van der Waals surface area contributed by atoms with Crippen molar-refractivity contribution in [1.82, 2.24) is 0 Å². The van der Waals surface area contributed by atoms with Crippen LogP contribution in [0.5, 0.6) is 0 Å². The topological polar surface area (TPSA) is 38.6 Å². The average Bonchev–Trinajstić information content (AvgIpc) is 2.97. The highest BCUT2D eigenvalue weighted by atomic mass is 35.5. The minimum absolute atomic E-state index is 0. The van der Waals surface area contributed by atoms with Gasteiger partial charge >= 0.3 is 0 Å². The molecule has 0 amide bonds. The van der Waals surface area contributed by atoms with Crippen molar-refractivity contribution < 1.29 is 26.9 Å². The molecule has 1 N–H and O–H groups in total. The van der Waals surface area contributed by atoms with Crippen LogP contribution in [-0.4, -0.2) is 31.7 Å². The zero-order valence-electron chi connectivity index (χ0n) is 29.4. The van der Waals surface area contributed by atoms with E-state index in [0.717, 1.165) is 30.6 Å². The molecule has 43 heavy (non-hydrogen) atoms. The molecule has 0 aromatic heterocycles. The van der Waals surface area contributed by atoms with Gasteiger partial charge in [-0.3, -0.25) is 9.59 Å². The first-order valence-corrected chi connectivity index (χ1v) is 18.7. The predicted octanol–water partition coefficient (Wildman–Crippen LogP) is 7.72. The fourth-order valence-corrected chi connectivity index (χ4v) is 5.85. The number of hydrogen-bond donors (Lipinski definition) is 1. The standard InChI is InChI=1S/C39H73NO2.ClH/c1-5-7-9-11-13-15-17-19-21-23-25-27-29-31-33-35-37(41)39(40(3)4)38(42)36-34-32-30-28-26-24-22-20-18-16-14-12-10-8-6-2;/h19-22,39H,5-18,23-36H2,1-4H3;1H/b21-19-,22-20-;. The van der Waals surface area contributed by atoms with Gasteiger partial charge in [0, 0.05) is 12.8 Å². The van der Waals surface area contributed by atoms with Gasteiger partial charge in [-0.2, -0.15) is 0 Å². The van der Waals surface area contributed by atoms with Gasteiger partial charge in [-0.15, -0.1) is 0 Å². The number of carbonyl (C=O) groups excluding carboxylic acids is 2. The van der Waals surface area contributed by atoms with Crippen LogP contribution in [0.1, 0.15) is 194 Å². The summed E-state index contributed by atoms with van der Waals surface area (Å²) < 4.78 is 0. The summed E-state index contributed by atoms with van der Waals surface area (Å²) in [6.07, 6.45) is 43.3. The molecule has 254 valence electrons. The Kier molecular flexibility index (Phi) is 36.5. The van der Waals surface area contributed by atoms with E-state index in [0.29, 0.717) is 12.8 Å². The lowest BCUT2D eigenvalue weighted by Crippen LogP contribution is -3.12. The molecule has 0 fully saturated rings. The predicted molar refractivity (Wildman–Crippen MR) is 186 cm³/mol. The van der Waals surface area contributed by atoms with Crippen LogP contribution in [0.15, 0.2) is 24.3 Å². The van der Waals surface area contributed by atoms with Gasteiger partial charge in [-0.1, -0.05) is 141 Å². The summed E-state index contributed by atoms with van der Waals surface area (Å²) in [5.41, 5.74) is 0. The summed E-state index contributed by atoms with van der Waals surface area (Å²) in [5, 5.41) is 0. The highest BCUT2D eigenvalue weighted by Gasteiger charge is 2.30. The first-order chi connectivity index (χ1) is 20.5. The summed E-state index contributed by atoms with van der Waals surface area (Å²) in [6.45, 7) is 4.54. The number of nitrogens with one attached hydrogen (secondary N) is 1. The first-order valence-electron chi connectivity index (χ1n) is 18.7. The van der Waals surface area contributed by atoms with Crippen LogP contribution in [0.4, 0.5) is 0 Å². The molecule has 4 heteroatoms. The van der Waals surface area contributed by atoms with Crippen LogP contribution in [0.3, 0.4) is 0 Å². The van der Waals surface area contributed by atoms with Gasteiger partial charge in [-0.25, -0.2) is 0 Å². The maximum atomic E-state index is 12.9. The molecule has 3 nitrogen and oxygen atoms in total. The minimum Gasteiger partial charge on any atom is -1.00 e. The van der Waals surface area contributed by atoms with E-state index < -0.39 is 6.04 Å². The lowest BCUT2D eigenvalue weighted by Gasteiger charge is -2.19. The average molecular weight is 624 g/mol. The maximum absolute atomic E-state index is 12.9. The van der Waals surface area contributed by atoms with Crippen molar-refractivity contribution in [3.63, 3.8) is 0 Å². The molecular formula is C39H74ClNO2. The number of likely N-dealkylation sites (N-methyl/N-ethyl adjacent to an activating group) is 1. The van der Waals surface area contributed by atoms with Gasteiger partial charge in [0.1, 0.15) is 0 Å². The quantitative estimate of drug-likeness (QED) is 0.0462. The lowest BCUT2D eigenvalue weighted by atomic mass is 9.97. The van der Waals surface area contributed by atoms with Gasteiger partial charge in [0.2, 0.25) is 6.04 Å². The summed E-state index contributed by atoms with van der Waals surface area (Å²) in [6, 6.07) is -0.460. The van der Waals surface area contributed by atoms with Gasteiger partial charge in [0.05, 0.1) is 14.1 Å². The van der Waals surface area contributed by atoms with Crippen molar-refractivity contribution in [1.29, 1.82) is 0 Å². The second kappa shape index (κ2) is 35.5. The number of Topliss-reactive ketones (excluding diaryl/α,β-unsaturated/α-hetero) is 2. The van der Waals surface area contributed by atoms with E-state index in [4.69, 9.17) is 0 Å². The number of unbranched alkanes of at least 4 members (excludes halogenated alkanes) is 22. The molecule has 0 aliphatic carbocycles. The summed E-state index contributed by atoms with van der Waals surface area (Å²) >= 11 is 0. The SMILES string of the molecule is CCCCCCCC/C=C\CCCCCCCC(=O)C(C(=O)CCCCCCC/C=C\CCCCCCCC)[NH+](C)C.[Cl-]. The molecule has 0 saturated carbocycles. The Morgan fingerprint density at radius 3 is 0.977 bits per heavy atom. The highest BCUT2D eigenvalue weighted by Crippen LogP contribution is 2.13. The summed E-state index contributed by atoms with van der Waals surface area (Å²) in [7, 11) is 3.92. The molecule has 0 spiro atoms. The molecule has 0 bridgehead atoms. The smallest absolute Gasteiger partial charge is 0.205 e. The number of quaternary nitrogens is 1. The molecular weight excluding hydrogens is 550 g/mol. The number of halogens is 1. The molecule has 0 aliphatic rings. The van der Waals surface area contributed by atoms with E-state index in [1.165, 1.54) is 141 Å². The molecule has 0 heterocycles. The van der Waals surface area contributed by atoms with E-state index in [1.807, 2.05) is 14.1 Å². The number of carbonyl (C=O) groups is 2. The zero-order valence-corrected chi connectivity index (χ0v) is 30.1. The van der Waals surface area contributed by atoms with E-state index in [1.54, 1.807) is 0 Å². The van der Waals surface area contributed by atoms with Crippen molar-refractivity contribution in [3.05, 3.63) is 24.3 Å². The second-order valence-corrected chi connectivity index (χ2v) is 13.1. The van der Waals surface area contributed by atoms with E-state index in [-0.39, 0.29) is 24.0 Å². The minimum atomic E-state index is -0.460. The first kappa shape index (κ1) is 44.2. The molecule has 0 saturated heterocycles. The largest absolute Gasteiger partial charge is 1.00 e. The van der Waals surface area contributed by atoms with E-state index >= 15 is 0 Å². The highest BCUT2D eigenvalue weighted by molar-refractivity contribution is 6.04. The van der Waals surface area contributed by atoms with Crippen LogP contribution in [0.2, 0.25) is 0 Å². The van der Waals surface area contributed by atoms with Crippen LogP contribution in [-0.2, 0) is 9.59 Å². The van der Waals surface area contributed by atoms with Gasteiger partial charge in [0.15, 0.2) is 11.6 Å². The Labute approximate surface area is 275 Å². The third kappa shape index (κ3) is 30.9. The summed E-state index contributed by atoms with van der Waals surface area (Å²) in [5.74, 6) is 0.316. The van der Waals surface area contributed by atoms with Crippen molar-refractivity contribution >= 4 is 11.6 Å². The zero-order chi connectivity index (χ0) is 30.9. The maximum Gasteiger partial charge on any atom is 0.205 e. The van der Waals surface area contributed by atoms with Crippen molar-refractivity contribution in [2.45, 2.75) is 200 Å². The molecule has 0 atom stereocenters. The number of hydrogen-bond acceptors (Lipinski definition) is 2. The van der Waals surface area contributed by atoms with Gasteiger partial charge in [0.25, 0.3) is 0 Å². The Hall–Kier alpha value is -0.930. The lowest BCUT2D eigenvalue weighted by molar-refractivity contribution is -0.865. The fourth-order valence-electron chi connectivity index (χ4n) is 5.85. The second-order valence-electron chi connectivity index (χ2n) is 13.1. The van der Waals surface area contributed by atoms with Crippen LogP contribution in [0.25, 0.3) is 0 Å².